The molecule has 2 aliphatic rings. The topological polar surface area (TPSA) is 76.3 Å². The second-order valence-electron chi connectivity index (χ2n) is 7.88. The van der Waals surface area contributed by atoms with Crippen molar-refractivity contribution < 1.29 is 17.3 Å². The van der Waals surface area contributed by atoms with E-state index in [1.54, 1.807) is 18.2 Å². The minimum atomic E-state index is -3.69. The molecule has 2 heterocycles. The number of sulfonamides is 1. The number of aromatic nitrogens is 2. The van der Waals surface area contributed by atoms with E-state index in [9.17, 15) is 12.8 Å². The third kappa shape index (κ3) is 3.44. The zero-order valence-electron chi connectivity index (χ0n) is 16.4. The minimum absolute atomic E-state index is 0.244. The zero-order chi connectivity index (χ0) is 20.7. The van der Waals surface area contributed by atoms with Gasteiger partial charge in [-0.15, -0.1) is 0 Å². The number of hydrogen-bond acceptors (Lipinski definition) is 5. The number of nitrogens with zero attached hydrogens (tertiary/aromatic N) is 3. The fourth-order valence-electron chi connectivity index (χ4n) is 4.40. The van der Waals surface area contributed by atoms with Gasteiger partial charge in [0.05, 0.1) is 4.90 Å². The van der Waals surface area contributed by atoms with Crippen molar-refractivity contribution in [2.45, 2.75) is 49.5 Å². The molecule has 30 heavy (non-hydrogen) atoms. The van der Waals surface area contributed by atoms with Crippen LogP contribution in [0.1, 0.15) is 48.7 Å². The van der Waals surface area contributed by atoms with Gasteiger partial charge in [0.1, 0.15) is 11.9 Å². The maximum Gasteiger partial charge on any atom is 0.245 e. The first-order valence-electron chi connectivity index (χ1n) is 10.3. The summed E-state index contributed by atoms with van der Waals surface area (Å²) in [4.78, 5) is 4.70. The fraction of sp³-hybridized carbons (Fsp3) is 0.364. The molecule has 156 valence electrons. The van der Waals surface area contributed by atoms with Gasteiger partial charge in [-0.05, 0) is 73.9 Å². The SMILES string of the molecule is O=S(=O)(c1ccc2c(c1)CCCC2)N1CCCC1c1nc(-c2cccc(F)c2)no1. The van der Waals surface area contributed by atoms with Gasteiger partial charge >= 0.3 is 0 Å². The van der Waals surface area contributed by atoms with Gasteiger partial charge in [0.15, 0.2) is 0 Å². The van der Waals surface area contributed by atoms with Gasteiger partial charge in [-0.25, -0.2) is 12.8 Å². The second-order valence-corrected chi connectivity index (χ2v) is 9.77. The average molecular weight is 428 g/mol. The Hall–Kier alpha value is -2.58. The molecule has 1 aliphatic carbocycles. The first-order chi connectivity index (χ1) is 14.5. The minimum Gasteiger partial charge on any atom is -0.337 e. The molecule has 1 aromatic heterocycles. The zero-order valence-corrected chi connectivity index (χ0v) is 17.2. The van der Waals surface area contributed by atoms with E-state index in [1.807, 2.05) is 12.1 Å². The van der Waals surface area contributed by atoms with Crippen LogP contribution in [0.25, 0.3) is 11.4 Å². The Kier molecular flexibility index (Phi) is 4.91. The predicted octanol–water partition coefficient (Wildman–Crippen LogP) is 4.28. The molecule has 1 atom stereocenters. The lowest BCUT2D eigenvalue weighted by Gasteiger charge is -2.23. The van der Waals surface area contributed by atoms with Crippen LogP contribution in [0.4, 0.5) is 4.39 Å². The highest BCUT2D eigenvalue weighted by Gasteiger charge is 2.39. The van der Waals surface area contributed by atoms with Crippen LogP contribution in [0.2, 0.25) is 0 Å². The summed E-state index contributed by atoms with van der Waals surface area (Å²) < 4.78 is 47.2. The highest BCUT2D eigenvalue weighted by Crippen LogP contribution is 2.37. The first-order valence-corrected chi connectivity index (χ1v) is 11.7. The smallest absolute Gasteiger partial charge is 0.245 e. The van der Waals surface area contributed by atoms with Crippen molar-refractivity contribution in [2.75, 3.05) is 6.54 Å². The molecular formula is C22H22FN3O3S. The van der Waals surface area contributed by atoms with Crippen molar-refractivity contribution in [1.82, 2.24) is 14.4 Å². The molecule has 0 N–H and O–H groups in total. The van der Waals surface area contributed by atoms with Crippen LogP contribution in [0.3, 0.4) is 0 Å². The number of hydrogen-bond donors (Lipinski definition) is 0. The molecule has 0 spiro atoms. The monoisotopic (exact) mass is 427 g/mol. The predicted molar refractivity (Wildman–Crippen MR) is 109 cm³/mol. The Morgan fingerprint density at radius 3 is 2.70 bits per heavy atom. The molecule has 0 amide bonds. The van der Waals surface area contributed by atoms with E-state index in [4.69, 9.17) is 4.52 Å². The number of benzene rings is 2. The van der Waals surface area contributed by atoms with Gasteiger partial charge in [0, 0.05) is 12.1 Å². The van der Waals surface area contributed by atoms with Crippen LogP contribution in [0, 0.1) is 5.82 Å². The molecule has 0 bridgehead atoms. The van der Waals surface area contributed by atoms with Crippen LogP contribution in [0.5, 0.6) is 0 Å². The summed E-state index contributed by atoms with van der Waals surface area (Å²) in [6.07, 6.45) is 5.49. The van der Waals surface area contributed by atoms with Gasteiger partial charge in [-0.2, -0.15) is 9.29 Å². The summed E-state index contributed by atoms with van der Waals surface area (Å²) in [5.74, 6) is 0.104. The summed E-state index contributed by atoms with van der Waals surface area (Å²) in [7, 11) is -3.69. The molecule has 1 fully saturated rings. The van der Waals surface area contributed by atoms with Crippen molar-refractivity contribution in [3.05, 3.63) is 65.3 Å². The second kappa shape index (κ2) is 7.59. The van der Waals surface area contributed by atoms with Crippen molar-refractivity contribution in [2.24, 2.45) is 0 Å². The summed E-state index contributed by atoms with van der Waals surface area (Å²) in [6, 6.07) is 10.9. The summed E-state index contributed by atoms with van der Waals surface area (Å²) in [6.45, 7) is 0.405. The van der Waals surface area contributed by atoms with Crippen molar-refractivity contribution in [3.8, 4) is 11.4 Å². The maximum absolute atomic E-state index is 13.5. The number of halogens is 1. The lowest BCUT2D eigenvalue weighted by atomic mass is 9.92. The highest BCUT2D eigenvalue weighted by atomic mass is 32.2. The van der Waals surface area contributed by atoms with Crippen molar-refractivity contribution in [1.29, 1.82) is 0 Å². The molecule has 0 saturated carbocycles. The van der Waals surface area contributed by atoms with E-state index >= 15 is 0 Å². The van der Waals surface area contributed by atoms with E-state index in [0.29, 0.717) is 29.8 Å². The van der Waals surface area contributed by atoms with E-state index in [0.717, 1.165) is 31.2 Å². The Morgan fingerprint density at radius 1 is 1.03 bits per heavy atom. The molecule has 5 rings (SSSR count). The lowest BCUT2D eigenvalue weighted by Crippen LogP contribution is -2.31. The molecule has 1 unspecified atom stereocenters. The third-order valence-corrected chi connectivity index (χ3v) is 7.84. The van der Waals surface area contributed by atoms with Gasteiger partial charge in [0.25, 0.3) is 0 Å². The normalized spacial score (nSPS) is 19.7. The quantitative estimate of drug-likeness (QED) is 0.621. The lowest BCUT2D eigenvalue weighted by molar-refractivity contribution is 0.290. The molecular weight excluding hydrogens is 405 g/mol. The molecule has 6 nitrogen and oxygen atoms in total. The summed E-state index contributed by atoms with van der Waals surface area (Å²) in [5, 5.41) is 3.94. The third-order valence-electron chi connectivity index (χ3n) is 5.94. The standard InChI is InChI=1S/C22H22FN3O3S/c23-18-8-3-7-17(13-18)21-24-22(29-25-21)20-9-4-12-26(20)30(27,28)19-11-10-15-5-1-2-6-16(15)14-19/h3,7-8,10-11,13-14,20H,1-2,4-6,9,12H2. The molecule has 0 radical (unpaired) electrons. The van der Waals surface area contributed by atoms with E-state index in [1.165, 1.54) is 22.0 Å². The van der Waals surface area contributed by atoms with Crippen molar-refractivity contribution >= 4 is 10.0 Å². The Bertz CT molecular complexity index is 1190. The van der Waals surface area contributed by atoms with Crippen LogP contribution >= 0.6 is 0 Å². The number of fused-ring (bicyclic) bond motifs is 1. The van der Waals surface area contributed by atoms with Crippen LogP contribution in [-0.4, -0.2) is 29.4 Å². The molecule has 8 heteroatoms. The first kappa shape index (κ1) is 19.4. The maximum atomic E-state index is 13.5. The van der Waals surface area contributed by atoms with Crippen LogP contribution in [-0.2, 0) is 22.9 Å². The van der Waals surface area contributed by atoms with E-state index < -0.39 is 21.9 Å². The number of aryl methyl sites for hydroxylation is 2. The Balaban J connectivity index is 1.45. The van der Waals surface area contributed by atoms with E-state index in [2.05, 4.69) is 10.1 Å². The van der Waals surface area contributed by atoms with Gasteiger partial charge in [-0.3, -0.25) is 0 Å². The van der Waals surface area contributed by atoms with Gasteiger partial charge in [-0.1, -0.05) is 23.4 Å². The summed E-state index contributed by atoms with van der Waals surface area (Å²) in [5.41, 5.74) is 2.87. The van der Waals surface area contributed by atoms with Gasteiger partial charge in [0.2, 0.25) is 21.7 Å². The van der Waals surface area contributed by atoms with Crippen LogP contribution in [0.15, 0.2) is 51.9 Å². The van der Waals surface area contributed by atoms with Gasteiger partial charge < -0.3 is 4.52 Å². The Labute approximate surface area is 174 Å². The molecule has 2 aromatic carbocycles. The average Bonchev–Trinajstić information content (AvgIpc) is 3.43. The molecule has 1 saturated heterocycles. The van der Waals surface area contributed by atoms with Crippen molar-refractivity contribution in [3.63, 3.8) is 0 Å². The molecule has 3 aromatic rings. The fourth-order valence-corrected chi connectivity index (χ4v) is 6.10. The molecule has 1 aliphatic heterocycles. The van der Waals surface area contributed by atoms with Crippen LogP contribution < -0.4 is 0 Å². The largest absolute Gasteiger partial charge is 0.337 e. The Morgan fingerprint density at radius 2 is 1.87 bits per heavy atom. The number of rotatable bonds is 4. The summed E-state index contributed by atoms with van der Waals surface area (Å²) >= 11 is 0. The van der Waals surface area contributed by atoms with E-state index in [-0.39, 0.29) is 11.7 Å². The highest BCUT2D eigenvalue weighted by molar-refractivity contribution is 7.89.